The minimum Gasteiger partial charge on any atom is -0.385 e. The van der Waals surface area contributed by atoms with E-state index in [1.807, 2.05) is 13.0 Å². The van der Waals surface area contributed by atoms with Crippen molar-refractivity contribution in [2.75, 3.05) is 0 Å². The van der Waals surface area contributed by atoms with E-state index in [9.17, 15) is 5.11 Å². The van der Waals surface area contributed by atoms with E-state index in [1.165, 1.54) is 18.4 Å². The summed E-state index contributed by atoms with van der Waals surface area (Å²) in [5, 5.41) is 10.4. The van der Waals surface area contributed by atoms with Gasteiger partial charge in [-0.2, -0.15) is 0 Å². The Labute approximate surface area is 92.1 Å². The molecule has 0 aromatic heterocycles. The van der Waals surface area contributed by atoms with Crippen molar-refractivity contribution in [3.8, 4) is 0 Å². The fourth-order valence-corrected chi connectivity index (χ4v) is 2.09. The maximum absolute atomic E-state index is 10.4. The summed E-state index contributed by atoms with van der Waals surface area (Å²) in [5.41, 5.74) is 1.77. The summed E-state index contributed by atoms with van der Waals surface area (Å²) in [6.45, 7) is 6.32. The van der Waals surface area contributed by atoms with Gasteiger partial charge in [0.25, 0.3) is 0 Å². The minimum atomic E-state index is -0.620. The molecule has 0 spiro atoms. The Hall–Kier alpha value is -0.820. The molecular weight excluding hydrogens is 184 g/mol. The third kappa shape index (κ3) is 2.07. The highest BCUT2D eigenvalue weighted by Gasteiger charge is 2.41. The molecule has 0 heterocycles. The summed E-state index contributed by atoms with van der Waals surface area (Å²) in [4.78, 5) is 0. The zero-order valence-electron chi connectivity index (χ0n) is 9.83. The third-order valence-corrected chi connectivity index (χ3v) is 3.51. The molecule has 0 bridgehead atoms. The Kier molecular flexibility index (Phi) is 2.59. The summed E-state index contributed by atoms with van der Waals surface area (Å²) < 4.78 is 0. The molecule has 2 rings (SSSR count). The third-order valence-electron chi connectivity index (χ3n) is 3.51. The molecule has 0 saturated heterocycles. The molecule has 1 aromatic rings. The number of rotatable bonds is 3. The number of benzene rings is 1. The van der Waals surface area contributed by atoms with Gasteiger partial charge in [0.2, 0.25) is 0 Å². The van der Waals surface area contributed by atoms with Gasteiger partial charge in [-0.3, -0.25) is 0 Å². The average molecular weight is 204 g/mol. The molecule has 0 radical (unpaired) electrons. The largest absolute Gasteiger partial charge is 0.385 e. The molecule has 1 nitrogen and oxygen atoms in total. The van der Waals surface area contributed by atoms with Crippen LogP contribution in [0.4, 0.5) is 0 Å². The van der Waals surface area contributed by atoms with E-state index in [-0.39, 0.29) is 0 Å². The van der Waals surface area contributed by atoms with Crippen molar-refractivity contribution in [3.63, 3.8) is 0 Å². The van der Waals surface area contributed by atoms with E-state index < -0.39 is 5.60 Å². The van der Waals surface area contributed by atoms with E-state index >= 15 is 0 Å². The predicted molar refractivity (Wildman–Crippen MR) is 62.8 cm³/mol. The lowest BCUT2D eigenvalue weighted by Gasteiger charge is -2.24. The lowest BCUT2D eigenvalue weighted by atomic mass is 9.88. The van der Waals surface area contributed by atoms with Crippen molar-refractivity contribution in [1.82, 2.24) is 0 Å². The van der Waals surface area contributed by atoms with Gasteiger partial charge in [-0.05, 0) is 42.7 Å². The van der Waals surface area contributed by atoms with E-state index in [4.69, 9.17) is 0 Å². The molecule has 1 atom stereocenters. The van der Waals surface area contributed by atoms with Crippen LogP contribution >= 0.6 is 0 Å². The van der Waals surface area contributed by atoms with Gasteiger partial charge in [0, 0.05) is 0 Å². The minimum absolute atomic E-state index is 0.472. The first-order valence-corrected chi connectivity index (χ1v) is 5.84. The molecule has 1 fully saturated rings. The van der Waals surface area contributed by atoms with E-state index in [0.717, 1.165) is 5.56 Å². The molecule has 1 aliphatic rings. The summed E-state index contributed by atoms with van der Waals surface area (Å²) in [5.74, 6) is 1.000. The quantitative estimate of drug-likeness (QED) is 0.799. The first-order valence-electron chi connectivity index (χ1n) is 5.84. The summed E-state index contributed by atoms with van der Waals surface area (Å²) in [6.07, 6.45) is 2.33. The molecule has 1 unspecified atom stereocenters. The Morgan fingerprint density at radius 2 is 2.00 bits per heavy atom. The first-order chi connectivity index (χ1) is 7.01. The topological polar surface area (TPSA) is 20.2 Å². The predicted octanol–water partition coefficient (Wildman–Crippen LogP) is 3.43. The van der Waals surface area contributed by atoms with Gasteiger partial charge >= 0.3 is 0 Å². The van der Waals surface area contributed by atoms with Crippen LogP contribution < -0.4 is 0 Å². The van der Waals surface area contributed by atoms with Crippen LogP contribution in [0.25, 0.3) is 0 Å². The Morgan fingerprint density at radius 3 is 2.53 bits per heavy atom. The van der Waals surface area contributed by atoms with Crippen LogP contribution in [0.3, 0.4) is 0 Å². The van der Waals surface area contributed by atoms with Gasteiger partial charge in [-0.15, -0.1) is 0 Å². The van der Waals surface area contributed by atoms with Gasteiger partial charge < -0.3 is 5.11 Å². The Morgan fingerprint density at radius 1 is 1.33 bits per heavy atom. The maximum Gasteiger partial charge on any atom is 0.0896 e. The Balaban J connectivity index is 2.31. The van der Waals surface area contributed by atoms with Crippen LogP contribution in [-0.4, -0.2) is 5.11 Å². The van der Waals surface area contributed by atoms with E-state index in [0.29, 0.717) is 11.8 Å². The second-order valence-electron chi connectivity index (χ2n) is 5.20. The standard InChI is InChI=1S/C14H20O/c1-10(2)11-5-4-6-13(9-11)14(3,15)12-7-8-12/h4-6,9-10,12,15H,7-8H2,1-3H3. The summed E-state index contributed by atoms with van der Waals surface area (Å²) in [7, 11) is 0. The second kappa shape index (κ2) is 3.64. The molecule has 0 amide bonds. The van der Waals surface area contributed by atoms with Crippen LogP contribution in [0.1, 0.15) is 50.7 Å². The van der Waals surface area contributed by atoms with Crippen LogP contribution in [0.2, 0.25) is 0 Å². The molecule has 0 aliphatic heterocycles. The molecule has 15 heavy (non-hydrogen) atoms. The van der Waals surface area contributed by atoms with E-state index in [2.05, 4.69) is 32.0 Å². The van der Waals surface area contributed by atoms with E-state index in [1.54, 1.807) is 0 Å². The van der Waals surface area contributed by atoms with Crippen LogP contribution in [0.5, 0.6) is 0 Å². The normalized spacial score (nSPS) is 20.3. The van der Waals surface area contributed by atoms with Crippen molar-refractivity contribution >= 4 is 0 Å². The summed E-state index contributed by atoms with van der Waals surface area (Å²) >= 11 is 0. The van der Waals surface area contributed by atoms with Gasteiger partial charge in [0.1, 0.15) is 0 Å². The molecule has 1 saturated carbocycles. The highest BCUT2D eigenvalue weighted by atomic mass is 16.3. The fraction of sp³-hybridized carbons (Fsp3) is 0.571. The number of aliphatic hydroxyl groups is 1. The maximum atomic E-state index is 10.4. The molecule has 1 aromatic carbocycles. The number of hydrogen-bond acceptors (Lipinski definition) is 1. The SMILES string of the molecule is CC(C)c1cccc(C(C)(O)C2CC2)c1. The van der Waals surface area contributed by atoms with Gasteiger partial charge in [-0.1, -0.05) is 38.1 Å². The van der Waals surface area contributed by atoms with Crippen LogP contribution in [-0.2, 0) is 5.60 Å². The molecule has 1 aliphatic carbocycles. The smallest absolute Gasteiger partial charge is 0.0896 e. The molecule has 1 heteroatoms. The molecular formula is C14H20O. The lowest BCUT2D eigenvalue weighted by molar-refractivity contribution is 0.0330. The first kappa shape index (κ1) is 10.7. The second-order valence-corrected chi connectivity index (χ2v) is 5.20. The highest BCUT2D eigenvalue weighted by molar-refractivity contribution is 5.30. The highest BCUT2D eigenvalue weighted by Crippen LogP contribution is 2.45. The van der Waals surface area contributed by atoms with Crippen molar-refractivity contribution in [2.45, 2.75) is 45.1 Å². The van der Waals surface area contributed by atoms with Crippen LogP contribution in [0, 0.1) is 5.92 Å². The molecule has 82 valence electrons. The summed E-state index contributed by atoms with van der Waals surface area (Å²) in [6, 6.07) is 8.39. The van der Waals surface area contributed by atoms with Crippen molar-refractivity contribution in [2.24, 2.45) is 5.92 Å². The van der Waals surface area contributed by atoms with Gasteiger partial charge in [0.05, 0.1) is 5.60 Å². The monoisotopic (exact) mass is 204 g/mol. The zero-order valence-corrected chi connectivity index (χ0v) is 9.83. The fourth-order valence-electron chi connectivity index (χ4n) is 2.09. The van der Waals surface area contributed by atoms with Gasteiger partial charge in [-0.25, -0.2) is 0 Å². The van der Waals surface area contributed by atoms with Crippen molar-refractivity contribution in [1.29, 1.82) is 0 Å². The van der Waals surface area contributed by atoms with Gasteiger partial charge in [0.15, 0.2) is 0 Å². The van der Waals surface area contributed by atoms with Crippen molar-refractivity contribution in [3.05, 3.63) is 35.4 Å². The Bertz CT molecular complexity index is 348. The average Bonchev–Trinajstić information content (AvgIpc) is 3.01. The van der Waals surface area contributed by atoms with Crippen LogP contribution in [0.15, 0.2) is 24.3 Å². The lowest BCUT2D eigenvalue weighted by Crippen LogP contribution is -2.23. The molecule has 1 N–H and O–H groups in total. The van der Waals surface area contributed by atoms with Crippen molar-refractivity contribution < 1.29 is 5.11 Å². The number of hydrogen-bond donors (Lipinski definition) is 1. The zero-order chi connectivity index (χ0) is 11.1.